The van der Waals surface area contributed by atoms with E-state index < -0.39 is 11.7 Å². The Morgan fingerprint density at radius 2 is 1.79 bits per heavy atom. The number of alkyl halides is 3. The van der Waals surface area contributed by atoms with Gasteiger partial charge in [-0.2, -0.15) is 23.1 Å². The molecule has 0 bridgehead atoms. The summed E-state index contributed by atoms with van der Waals surface area (Å²) >= 11 is 0. The third-order valence-corrected chi connectivity index (χ3v) is 4.91. The first kappa shape index (κ1) is 19.0. The normalized spacial score (nSPS) is 13.8. The third kappa shape index (κ3) is 4.42. The van der Waals surface area contributed by atoms with Gasteiger partial charge in [-0.1, -0.05) is 36.4 Å². The van der Waals surface area contributed by atoms with Crippen LogP contribution in [-0.4, -0.2) is 16.5 Å². The Hall–Kier alpha value is -3.29. The summed E-state index contributed by atoms with van der Waals surface area (Å²) in [7, 11) is 0. The van der Waals surface area contributed by atoms with E-state index in [4.69, 9.17) is 5.73 Å². The lowest BCUT2D eigenvalue weighted by atomic mass is 10.00. The Labute approximate surface area is 166 Å². The van der Waals surface area contributed by atoms with Gasteiger partial charge in [0.25, 0.3) is 0 Å². The number of benzene rings is 2. The molecule has 1 aromatic heterocycles. The maximum absolute atomic E-state index is 12.9. The molecule has 2 aromatic carbocycles. The maximum atomic E-state index is 12.9. The molecule has 2 heterocycles. The van der Waals surface area contributed by atoms with Gasteiger partial charge in [-0.3, -0.25) is 0 Å². The van der Waals surface area contributed by atoms with Gasteiger partial charge in [0.15, 0.2) is 0 Å². The second-order valence-corrected chi connectivity index (χ2v) is 6.96. The quantitative estimate of drug-likeness (QED) is 0.687. The van der Waals surface area contributed by atoms with E-state index in [2.05, 4.69) is 32.3 Å². The minimum atomic E-state index is -4.37. The maximum Gasteiger partial charge on any atom is 0.416 e. The highest BCUT2D eigenvalue weighted by molar-refractivity contribution is 5.54. The SMILES string of the molecule is Nc1nc(NCc2cccc(C(F)(F)F)c2)cc(N2CCc3ccccc3C2)n1. The molecule has 3 N–H and O–H groups in total. The topological polar surface area (TPSA) is 67.1 Å². The molecule has 4 rings (SSSR count). The molecule has 150 valence electrons. The number of anilines is 3. The number of nitrogens with zero attached hydrogens (tertiary/aromatic N) is 3. The summed E-state index contributed by atoms with van der Waals surface area (Å²) in [6, 6.07) is 15.3. The summed E-state index contributed by atoms with van der Waals surface area (Å²) in [5.41, 5.74) is 8.28. The van der Waals surface area contributed by atoms with E-state index in [9.17, 15) is 13.2 Å². The molecule has 8 heteroatoms. The minimum Gasteiger partial charge on any atom is -0.368 e. The molecule has 3 aromatic rings. The Morgan fingerprint density at radius 1 is 1.00 bits per heavy atom. The average molecular weight is 399 g/mol. The van der Waals surface area contributed by atoms with Gasteiger partial charge in [0.1, 0.15) is 11.6 Å². The van der Waals surface area contributed by atoms with Crippen LogP contribution in [0.3, 0.4) is 0 Å². The van der Waals surface area contributed by atoms with E-state index in [1.807, 2.05) is 12.1 Å². The van der Waals surface area contributed by atoms with Crippen LogP contribution in [0.2, 0.25) is 0 Å². The largest absolute Gasteiger partial charge is 0.416 e. The Bertz CT molecular complexity index is 1020. The van der Waals surface area contributed by atoms with Gasteiger partial charge in [-0.25, -0.2) is 0 Å². The van der Waals surface area contributed by atoms with Crippen LogP contribution in [0.15, 0.2) is 54.6 Å². The van der Waals surface area contributed by atoms with Crippen LogP contribution in [0.25, 0.3) is 0 Å². The van der Waals surface area contributed by atoms with Crippen LogP contribution < -0.4 is 16.0 Å². The number of nitrogen functional groups attached to an aromatic ring is 1. The first-order valence-corrected chi connectivity index (χ1v) is 9.25. The number of fused-ring (bicyclic) bond motifs is 1. The number of aromatic nitrogens is 2. The molecule has 0 fully saturated rings. The van der Waals surface area contributed by atoms with Crippen LogP contribution in [0.5, 0.6) is 0 Å². The van der Waals surface area contributed by atoms with Gasteiger partial charge in [0.05, 0.1) is 5.56 Å². The predicted molar refractivity (Wildman–Crippen MR) is 106 cm³/mol. The van der Waals surface area contributed by atoms with Crippen molar-refractivity contribution in [1.29, 1.82) is 0 Å². The molecule has 1 aliphatic rings. The van der Waals surface area contributed by atoms with Crippen molar-refractivity contribution in [3.8, 4) is 0 Å². The van der Waals surface area contributed by atoms with Crippen LogP contribution in [-0.2, 0) is 25.7 Å². The summed E-state index contributed by atoms with van der Waals surface area (Å²) in [5, 5.41) is 3.05. The highest BCUT2D eigenvalue weighted by atomic mass is 19.4. The zero-order valence-electron chi connectivity index (χ0n) is 15.6. The van der Waals surface area contributed by atoms with E-state index in [-0.39, 0.29) is 12.5 Å². The number of nitrogens with one attached hydrogen (secondary N) is 1. The summed E-state index contributed by atoms with van der Waals surface area (Å²) in [6.07, 6.45) is -3.46. The molecule has 0 atom stereocenters. The second-order valence-electron chi connectivity index (χ2n) is 6.96. The molecular formula is C21H20F3N5. The standard InChI is InChI=1S/C21H20F3N5/c22-21(23,24)17-7-3-4-14(10-17)12-26-18-11-19(28-20(25)27-18)29-9-8-15-5-1-2-6-16(15)13-29/h1-7,10-11H,8-9,12-13H2,(H3,25,26,27,28). The van der Waals surface area contributed by atoms with Crippen LogP contribution >= 0.6 is 0 Å². The summed E-state index contributed by atoms with van der Waals surface area (Å²) in [6.45, 7) is 1.73. The van der Waals surface area contributed by atoms with Crippen molar-refractivity contribution in [3.05, 3.63) is 76.9 Å². The molecule has 0 saturated heterocycles. The molecule has 1 aliphatic heterocycles. The Morgan fingerprint density at radius 3 is 2.59 bits per heavy atom. The first-order valence-electron chi connectivity index (χ1n) is 9.25. The van der Waals surface area contributed by atoms with Crippen molar-refractivity contribution in [3.63, 3.8) is 0 Å². The van der Waals surface area contributed by atoms with Crippen molar-refractivity contribution < 1.29 is 13.2 Å². The Balaban J connectivity index is 1.50. The zero-order valence-corrected chi connectivity index (χ0v) is 15.6. The first-order chi connectivity index (χ1) is 13.9. The molecule has 0 aliphatic carbocycles. The number of nitrogens with two attached hydrogens (primary N) is 1. The van der Waals surface area contributed by atoms with Gasteiger partial charge < -0.3 is 16.0 Å². The second kappa shape index (κ2) is 7.62. The number of hydrogen-bond acceptors (Lipinski definition) is 5. The van der Waals surface area contributed by atoms with Crippen molar-refractivity contribution in [1.82, 2.24) is 9.97 Å². The van der Waals surface area contributed by atoms with Crippen LogP contribution in [0, 0.1) is 0 Å². The molecular weight excluding hydrogens is 379 g/mol. The fourth-order valence-electron chi connectivity index (χ4n) is 3.45. The van der Waals surface area contributed by atoms with E-state index in [1.54, 1.807) is 12.1 Å². The zero-order chi connectivity index (χ0) is 20.4. The summed E-state index contributed by atoms with van der Waals surface area (Å²) < 4.78 is 38.7. The minimum absolute atomic E-state index is 0.118. The van der Waals surface area contributed by atoms with E-state index in [1.165, 1.54) is 17.2 Å². The van der Waals surface area contributed by atoms with Gasteiger partial charge in [0, 0.05) is 25.7 Å². The molecule has 0 amide bonds. The van der Waals surface area contributed by atoms with Crippen LogP contribution in [0.4, 0.5) is 30.8 Å². The predicted octanol–water partition coefficient (Wildman–Crippen LogP) is 4.25. The lowest BCUT2D eigenvalue weighted by Crippen LogP contribution is -2.31. The fourth-order valence-corrected chi connectivity index (χ4v) is 3.45. The summed E-state index contributed by atoms with van der Waals surface area (Å²) in [4.78, 5) is 10.6. The third-order valence-electron chi connectivity index (χ3n) is 4.91. The number of halogens is 3. The monoisotopic (exact) mass is 399 g/mol. The Kier molecular flexibility index (Phi) is 5.00. The summed E-state index contributed by atoms with van der Waals surface area (Å²) in [5.74, 6) is 1.29. The molecule has 0 saturated carbocycles. The van der Waals surface area contributed by atoms with Crippen molar-refractivity contribution >= 4 is 17.6 Å². The van der Waals surface area contributed by atoms with Gasteiger partial charge in [0.2, 0.25) is 5.95 Å². The molecule has 29 heavy (non-hydrogen) atoms. The average Bonchev–Trinajstić information content (AvgIpc) is 2.71. The molecule has 0 spiro atoms. The van der Waals surface area contributed by atoms with E-state index in [0.29, 0.717) is 17.2 Å². The molecule has 0 unspecified atom stereocenters. The van der Waals surface area contributed by atoms with Gasteiger partial charge in [-0.15, -0.1) is 0 Å². The molecule has 5 nitrogen and oxygen atoms in total. The number of hydrogen-bond donors (Lipinski definition) is 2. The highest BCUT2D eigenvalue weighted by Gasteiger charge is 2.30. The van der Waals surface area contributed by atoms with Crippen molar-refractivity contribution in [2.24, 2.45) is 0 Å². The smallest absolute Gasteiger partial charge is 0.368 e. The lowest BCUT2D eigenvalue weighted by Gasteiger charge is -2.30. The lowest BCUT2D eigenvalue weighted by molar-refractivity contribution is -0.137. The van der Waals surface area contributed by atoms with Gasteiger partial charge >= 0.3 is 6.18 Å². The van der Waals surface area contributed by atoms with Crippen molar-refractivity contribution in [2.45, 2.75) is 25.7 Å². The number of rotatable bonds is 4. The van der Waals surface area contributed by atoms with Crippen LogP contribution in [0.1, 0.15) is 22.3 Å². The van der Waals surface area contributed by atoms with Gasteiger partial charge in [-0.05, 0) is 35.2 Å². The molecule has 0 radical (unpaired) electrons. The van der Waals surface area contributed by atoms with Crippen molar-refractivity contribution in [2.75, 3.05) is 22.5 Å². The van der Waals surface area contributed by atoms with E-state index in [0.717, 1.165) is 31.6 Å². The highest BCUT2D eigenvalue weighted by Crippen LogP contribution is 2.30. The fraction of sp³-hybridized carbons (Fsp3) is 0.238. The van der Waals surface area contributed by atoms with E-state index >= 15 is 0 Å².